The normalized spacial score (nSPS) is 30.5. The van der Waals surface area contributed by atoms with Crippen molar-refractivity contribution >= 4 is 5.71 Å². The van der Waals surface area contributed by atoms with Crippen molar-refractivity contribution in [3.63, 3.8) is 0 Å². The molecule has 0 aromatic heterocycles. The van der Waals surface area contributed by atoms with Gasteiger partial charge in [0.05, 0.1) is 5.71 Å². The van der Waals surface area contributed by atoms with E-state index in [2.05, 4.69) is 12.0 Å². The summed E-state index contributed by atoms with van der Waals surface area (Å²) in [5.41, 5.74) is 6.58. The third kappa shape index (κ3) is 2.69. The highest BCUT2D eigenvalue weighted by atomic mass is 15.1. The molecule has 0 heterocycles. The van der Waals surface area contributed by atoms with Crippen LogP contribution in [0.5, 0.6) is 0 Å². The number of rotatable bonds is 3. The topological polar surface area (TPSA) is 64.4 Å². The summed E-state index contributed by atoms with van der Waals surface area (Å²) in [5, 5.41) is 3.77. The summed E-state index contributed by atoms with van der Waals surface area (Å²) in [6, 6.07) is 0. The minimum absolute atomic E-state index is 0.526. The van der Waals surface area contributed by atoms with Crippen LogP contribution < -0.4 is 11.6 Å². The third-order valence-corrected chi connectivity index (χ3v) is 3.27. The Morgan fingerprint density at radius 1 is 1.31 bits per heavy atom. The van der Waals surface area contributed by atoms with Gasteiger partial charge >= 0.3 is 0 Å². The fraction of sp³-hybridized carbons (Fsp3) is 0.900. The van der Waals surface area contributed by atoms with E-state index in [1.807, 2.05) is 0 Å². The Hall–Kier alpha value is -0.570. The first-order valence-corrected chi connectivity index (χ1v) is 5.28. The average molecular weight is 183 g/mol. The quantitative estimate of drug-likeness (QED) is 0.395. The fourth-order valence-electron chi connectivity index (χ4n) is 2.23. The Kier molecular flexibility index (Phi) is 4.22. The summed E-state index contributed by atoms with van der Waals surface area (Å²) >= 11 is 0. The summed E-state index contributed by atoms with van der Waals surface area (Å²) in [6.07, 6.45) is 6.41. The Morgan fingerprint density at radius 2 is 1.92 bits per heavy atom. The van der Waals surface area contributed by atoms with Gasteiger partial charge in [-0.05, 0) is 31.6 Å². The second-order valence-electron chi connectivity index (χ2n) is 3.95. The van der Waals surface area contributed by atoms with E-state index in [0.717, 1.165) is 11.6 Å². The minimum Gasteiger partial charge on any atom is -0.325 e. The molecule has 0 unspecified atom stereocenters. The van der Waals surface area contributed by atoms with Crippen LogP contribution in [0.25, 0.3) is 0 Å². The molecular weight excluding hydrogens is 162 g/mol. The van der Waals surface area contributed by atoms with E-state index in [-0.39, 0.29) is 0 Å². The molecule has 3 nitrogen and oxygen atoms in total. The minimum atomic E-state index is 0.526. The Bertz CT molecular complexity index is 169. The molecule has 3 heteroatoms. The van der Waals surface area contributed by atoms with E-state index in [9.17, 15) is 0 Å². The number of nitrogens with two attached hydrogens (primary N) is 2. The van der Waals surface area contributed by atoms with Gasteiger partial charge < -0.3 is 11.6 Å². The average Bonchev–Trinajstić information content (AvgIpc) is 2.21. The molecule has 76 valence electrons. The first kappa shape index (κ1) is 10.5. The van der Waals surface area contributed by atoms with Gasteiger partial charge in [0.15, 0.2) is 0 Å². The van der Waals surface area contributed by atoms with E-state index in [1.54, 1.807) is 0 Å². The van der Waals surface area contributed by atoms with Gasteiger partial charge in [-0.15, -0.1) is 0 Å². The monoisotopic (exact) mass is 183 g/mol. The van der Waals surface area contributed by atoms with Crippen LogP contribution in [0.1, 0.15) is 39.0 Å². The molecule has 0 radical (unpaired) electrons. The van der Waals surface area contributed by atoms with E-state index >= 15 is 0 Å². The molecule has 0 aliphatic heterocycles. The number of hydrogen-bond acceptors (Lipinski definition) is 3. The van der Waals surface area contributed by atoms with Gasteiger partial charge in [0.25, 0.3) is 0 Å². The lowest BCUT2D eigenvalue weighted by Crippen LogP contribution is -2.28. The van der Waals surface area contributed by atoms with E-state index < -0.39 is 0 Å². The highest BCUT2D eigenvalue weighted by Gasteiger charge is 2.22. The van der Waals surface area contributed by atoms with Gasteiger partial charge in [0, 0.05) is 12.5 Å². The second-order valence-corrected chi connectivity index (χ2v) is 3.95. The van der Waals surface area contributed by atoms with Gasteiger partial charge in [0.1, 0.15) is 0 Å². The lowest BCUT2D eigenvalue weighted by atomic mass is 9.79. The van der Waals surface area contributed by atoms with Crippen LogP contribution in [0, 0.1) is 11.8 Å². The maximum absolute atomic E-state index is 5.57. The van der Waals surface area contributed by atoms with Crippen molar-refractivity contribution < 1.29 is 0 Å². The molecule has 1 rings (SSSR count). The molecule has 0 bridgehead atoms. The highest BCUT2D eigenvalue weighted by Crippen LogP contribution is 2.31. The summed E-state index contributed by atoms with van der Waals surface area (Å²) in [6.45, 7) is 2.80. The third-order valence-electron chi connectivity index (χ3n) is 3.27. The summed E-state index contributed by atoms with van der Waals surface area (Å²) < 4.78 is 0. The standard InChI is InChI=1S/C10H21N3/c1-2-8-3-5-9(6-4-8)10(7-11)13-12/h8-9H,2-7,11-12H2,1H3/b13-10+. The van der Waals surface area contributed by atoms with Crippen LogP contribution in [-0.2, 0) is 0 Å². The predicted molar refractivity (Wildman–Crippen MR) is 56.4 cm³/mol. The van der Waals surface area contributed by atoms with Crippen molar-refractivity contribution in [3.05, 3.63) is 0 Å². The molecule has 0 atom stereocenters. The number of nitrogens with zero attached hydrogens (tertiary/aromatic N) is 1. The highest BCUT2D eigenvalue weighted by molar-refractivity contribution is 5.88. The summed E-state index contributed by atoms with van der Waals surface area (Å²) in [7, 11) is 0. The predicted octanol–water partition coefficient (Wildman–Crippen LogP) is 1.48. The Labute approximate surface area is 80.6 Å². The van der Waals surface area contributed by atoms with Crippen LogP contribution in [0.4, 0.5) is 0 Å². The first-order chi connectivity index (χ1) is 6.31. The zero-order valence-electron chi connectivity index (χ0n) is 8.50. The summed E-state index contributed by atoms with van der Waals surface area (Å²) in [4.78, 5) is 0. The molecule has 0 aromatic carbocycles. The second kappa shape index (κ2) is 5.22. The molecule has 0 amide bonds. The molecule has 0 saturated heterocycles. The molecule has 0 aromatic rings. The van der Waals surface area contributed by atoms with E-state index in [0.29, 0.717) is 12.5 Å². The van der Waals surface area contributed by atoms with Crippen molar-refractivity contribution in [2.24, 2.45) is 28.5 Å². The van der Waals surface area contributed by atoms with Crippen molar-refractivity contribution in [2.45, 2.75) is 39.0 Å². The van der Waals surface area contributed by atoms with Gasteiger partial charge in [-0.2, -0.15) is 5.10 Å². The molecule has 1 aliphatic rings. The molecule has 1 fully saturated rings. The Morgan fingerprint density at radius 3 is 2.31 bits per heavy atom. The summed E-state index contributed by atoms with van der Waals surface area (Å²) in [5.74, 6) is 6.78. The smallest absolute Gasteiger partial charge is 0.0542 e. The van der Waals surface area contributed by atoms with Crippen LogP contribution >= 0.6 is 0 Å². The van der Waals surface area contributed by atoms with Crippen LogP contribution in [0.15, 0.2) is 5.10 Å². The van der Waals surface area contributed by atoms with Gasteiger partial charge in [0.2, 0.25) is 0 Å². The maximum Gasteiger partial charge on any atom is 0.0542 e. The van der Waals surface area contributed by atoms with Crippen molar-refractivity contribution in [1.29, 1.82) is 0 Å². The SMILES string of the molecule is CCC1CCC(/C(CN)=N/N)CC1. The molecule has 13 heavy (non-hydrogen) atoms. The van der Waals surface area contributed by atoms with Gasteiger partial charge in [-0.1, -0.05) is 13.3 Å². The van der Waals surface area contributed by atoms with Crippen LogP contribution in [-0.4, -0.2) is 12.3 Å². The van der Waals surface area contributed by atoms with Crippen LogP contribution in [0.2, 0.25) is 0 Å². The van der Waals surface area contributed by atoms with E-state index in [4.69, 9.17) is 11.6 Å². The van der Waals surface area contributed by atoms with Gasteiger partial charge in [-0.25, -0.2) is 0 Å². The first-order valence-electron chi connectivity index (χ1n) is 5.28. The maximum atomic E-state index is 5.57. The zero-order valence-corrected chi connectivity index (χ0v) is 8.50. The lowest BCUT2D eigenvalue weighted by Gasteiger charge is -2.27. The largest absolute Gasteiger partial charge is 0.325 e. The molecule has 1 saturated carbocycles. The van der Waals surface area contributed by atoms with Crippen LogP contribution in [0.3, 0.4) is 0 Å². The molecular formula is C10H21N3. The molecule has 4 N–H and O–H groups in total. The van der Waals surface area contributed by atoms with E-state index in [1.165, 1.54) is 32.1 Å². The lowest BCUT2D eigenvalue weighted by molar-refractivity contribution is 0.313. The zero-order chi connectivity index (χ0) is 9.68. The van der Waals surface area contributed by atoms with Crippen molar-refractivity contribution in [1.82, 2.24) is 0 Å². The number of hydrogen-bond donors (Lipinski definition) is 2. The van der Waals surface area contributed by atoms with Crippen molar-refractivity contribution in [2.75, 3.05) is 6.54 Å². The number of hydrazone groups is 1. The fourth-order valence-corrected chi connectivity index (χ4v) is 2.23. The Balaban J connectivity index is 2.40. The van der Waals surface area contributed by atoms with Gasteiger partial charge in [-0.3, -0.25) is 0 Å². The van der Waals surface area contributed by atoms with Crippen molar-refractivity contribution in [3.8, 4) is 0 Å². The molecule has 1 aliphatic carbocycles. The molecule has 0 spiro atoms.